The Morgan fingerprint density at radius 2 is 1.74 bits per heavy atom. The van der Waals surface area contributed by atoms with Crippen molar-refractivity contribution >= 4 is 27.3 Å². The standard InChI is InChI=1S/C14H15BrO3S/c1-8-6-19-7-10(8)14(16)9-4-12(17-2)13(18-3)5-11(9)15/h4-7,14,16H,1-3H3. The zero-order valence-electron chi connectivity index (χ0n) is 10.9. The number of methoxy groups -OCH3 is 2. The lowest BCUT2D eigenvalue weighted by molar-refractivity contribution is 0.218. The van der Waals surface area contributed by atoms with Gasteiger partial charge in [0.1, 0.15) is 6.10 Å². The summed E-state index contributed by atoms with van der Waals surface area (Å²) in [5.41, 5.74) is 2.76. The molecule has 102 valence electrons. The summed E-state index contributed by atoms with van der Waals surface area (Å²) in [6.45, 7) is 1.99. The van der Waals surface area contributed by atoms with E-state index in [1.165, 1.54) is 0 Å². The van der Waals surface area contributed by atoms with Crippen molar-refractivity contribution in [3.63, 3.8) is 0 Å². The lowest BCUT2D eigenvalue weighted by Gasteiger charge is -2.16. The van der Waals surface area contributed by atoms with E-state index < -0.39 is 6.10 Å². The van der Waals surface area contributed by atoms with Gasteiger partial charge in [-0.05, 0) is 40.9 Å². The van der Waals surface area contributed by atoms with Crippen LogP contribution in [0.5, 0.6) is 11.5 Å². The molecule has 0 aliphatic carbocycles. The zero-order chi connectivity index (χ0) is 14.0. The number of aliphatic hydroxyl groups is 1. The van der Waals surface area contributed by atoms with Gasteiger partial charge in [-0.3, -0.25) is 0 Å². The molecule has 0 fully saturated rings. The van der Waals surface area contributed by atoms with Gasteiger partial charge in [0.25, 0.3) is 0 Å². The summed E-state index contributed by atoms with van der Waals surface area (Å²) in [6.07, 6.45) is -0.680. The van der Waals surface area contributed by atoms with Crippen LogP contribution >= 0.6 is 27.3 Å². The first-order valence-corrected chi connectivity index (χ1v) is 7.44. The van der Waals surface area contributed by atoms with Gasteiger partial charge in [0.05, 0.1) is 14.2 Å². The third-order valence-corrected chi connectivity index (χ3v) is 4.55. The molecule has 19 heavy (non-hydrogen) atoms. The van der Waals surface area contributed by atoms with Gasteiger partial charge in [-0.25, -0.2) is 0 Å². The highest BCUT2D eigenvalue weighted by Crippen LogP contribution is 2.39. The fraction of sp³-hybridized carbons (Fsp3) is 0.286. The Kier molecular flexibility index (Phi) is 4.50. The van der Waals surface area contributed by atoms with Crippen molar-refractivity contribution in [3.05, 3.63) is 44.1 Å². The molecule has 1 atom stereocenters. The van der Waals surface area contributed by atoms with Crippen LogP contribution in [0.3, 0.4) is 0 Å². The van der Waals surface area contributed by atoms with Crippen LogP contribution in [0.4, 0.5) is 0 Å². The maximum Gasteiger partial charge on any atom is 0.161 e. The van der Waals surface area contributed by atoms with Crippen molar-refractivity contribution in [1.29, 1.82) is 0 Å². The SMILES string of the molecule is COc1cc(Br)c(C(O)c2cscc2C)cc1OC. The second kappa shape index (κ2) is 5.94. The summed E-state index contributed by atoms with van der Waals surface area (Å²) < 4.78 is 11.3. The monoisotopic (exact) mass is 342 g/mol. The molecule has 2 aromatic rings. The molecule has 1 unspecified atom stereocenters. The van der Waals surface area contributed by atoms with Gasteiger partial charge < -0.3 is 14.6 Å². The molecule has 3 nitrogen and oxygen atoms in total. The lowest BCUT2D eigenvalue weighted by Crippen LogP contribution is -2.02. The van der Waals surface area contributed by atoms with Gasteiger partial charge in [0.15, 0.2) is 11.5 Å². The summed E-state index contributed by atoms with van der Waals surface area (Å²) in [6, 6.07) is 3.60. The Bertz CT molecular complexity index is 580. The van der Waals surface area contributed by atoms with Crippen molar-refractivity contribution in [2.24, 2.45) is 0 Å². The molecule has 1 N–H and O–H groups in total. The first-order valence-electron chi connectivity index (χ1n) is 5.70. The molecule has 0 saturated carbocycles. The lowest BCUT2D eigenvalue weighted by atomic mass is 10.0. The number of hydrogen-bond acceptors (Lipinski definition) is 4. The largest absolute Gasteiger partial charge is 0.493 e. The molecular weight excluding hydrogens is 328 g/mol. The Labute approximate surface area is 124 Å². The van der Waals surface area contributed by atoms with Crippen LogP contribution < -0.4 is 9.47 Å². The van der Waals surface area contributed by atoms with Crippen LogP contribution in [0.1, 0.15) is 22.8 Å². The van der Waals surface area contributed by atoms with Crippen LogP contribution in [0.15, 0.2) is 27.4 Å². The Morgan fingerprint density at radius 3 is 2.26 bits per heavy atom. The predicted octanol–water partition coefficient (Wildman–Crippen LogP) is 3.92. The third kappa shape index (κ3) is 2.78. The van der Waals surface area contributed by atoms with E-state index in [1.807, 2.05) is 17.7 Å². The summed E-state index contributed by atoms with van der Waals surface area (Å²) in [5.74, 6) is 1.24. The summed E-state index contributed by atoms with van der Waals surface area (Å²) in [4.78, 5) is 0. The fourth-order valence-corrected chi connectivity index (χ4v) is 3.31. The van der Waals surface area contributed by atoms with Crippen LogP contribution in [0, 0.1) is 6.92 Å². The molecular formula is C14H15BrO3S. The highest BCUT2D eigenvalue weighted by molar-refractivity contribution is 9.10. The molecule has 0 saturated heterocycles. The maximum atomic E-state index is 10.5. The van der Waals surface area contributed by atoms with Crippen molar-refractivity contribution < 1.29 is 14.6 Å². The van der Waals surface area contributed by atoms with Crippen molar-refractivity contribution in [1.82, 2.24) is 0 Å². The summed E-state index contributed by atoms with van der Waals surface area (Å²) in [5, 5.41) is 14.5. The van der Waals surface area contributed by atoms with Gasteiger partial charge in [-0.1, -0.05) is 15.9 Å². The Balaban J connectivity index is 2.48. The number of ether oxygens (including phenoxy) is 2. The fourth-order valence-electron chi connectivity index (χ4n) is 1.90. The zero-order valence-corrected chi connectivity index (χ0v) is 13.3. The molecule has 0 aliphatic rings. The summed E-state index contributed by atoms with van der Waals surface area (Å²) >= 11 is 5.05. The van der Waals surface area contributed by atoms with Gasteiger partial charge >= 0.3 is 0 Å². The van der Waals surface area contributed by atoms with E-state index in [2.05, 4.69) is 15.9 Å². The van der Waals surface area contributed by atoms with E-state index in [4.69, 9.17) is 9.47 Å². The van der Waals surface area contributed by atoms with Gasteiger partial charge in [-0.15, -0.1) is 0 Å². The van der Waals surface area contributed by atoms with Gasteiger partial charge in [-0.2, -0.15) is 11.3 Å². The average Bonchev–Trinajstić information content (AvgIpc) is 2.83. The van der Waals surface area contributed by atoms with Crippen LogP contribution in [0.2, 0.25) is 0 Å². The van der Waals surface area contributed by atoms with E-state index >= 15 is 0 Å². The third-order valence-electron chi connectivity index (χ3n) is 2.99. The first-order chi connectivity index (χ1) is 9.08. The number of aliphatic hydroxyl groups excluding tert-OH is 1. The van der Waals surface area contributed by atoms with E-state index in [-0.39, 0.29) is 0 Å². The molecule has 0 amide bonds. The molecule has 1 heterocycles. The Hall–Kier alpha value is -1.04. The number of benzene rings is 1. The summed E-state index contributed by atoms with van der Waals surface area (Å²) in [7, 11) is 3.17. The quantitative estimate of drug-likeness (QED) is 0.915. The number of halogens is 1. The van der Waals surface area contributed by atoms with Crippen LogP contribution in [0.25, 0.3) is 0 Å². The van der Waals surface area contributed by atoms with Crippen molar-refractivity contribution in [2.75, 3.05) is 14.2 Å². The van der Waals surface area contributed by atoms with E-state index in [0.29, 0.717) is 11.5 Å². The number of hydrogen-bond donors (Lipinski definition) is 1. The molecule has 2 rings (SSSR count). The highest BCUT2D eigenvalue weighted by Gasteiger charge is 2.19. The highest BCUT2D eigenvalue weighted by atomic mass is 79.9. The number of rotatable bonds is 4. The smallest absolute Gasteiger partial charge is 0.161 e. The van der Waals surface area contributed by atoms with Gasteiger partial charge in [0, 0.05) is 10.0 Å². The van der Waals surface area contributed by atoms with E-state index in [9.17, 15) is 5.11 Å². The second-order valence-electron chi connectivity index (χ2n) is 4.14. The van der Waals surface area contributed by atoms with Crippen LogP contribution in [-0.2, 0) is 0 Å². The Morgan fingerprint density at radius 1 is 1.11 bits per heavy atom. The molecule has 5 heteroatoms. The van der Waals surface area contributed by atoms with Crippen LogP contribution in [-0.4, -0.2) is 19.3 Å². The maximum absolute atomic E-state index is 10.5. The topological polar surface area (TPSA) is 38.7 Å². The van der Waals surface area contributed by atoms with Gasteiger partial charge in [0.2, 0.25) is 0 Å². The normalized spacial score (nSPS) is 12.3. The van der Waals surface area contributed by atoms with E-state index in [0.717, 1.165) is 21.2 Å². The predicted molar refractivity (Wildman–Crippen MR) is 80.4 cm³/mol. The minimum atomic E-state index is -0.680. The first kappa shape index (κ1) is 14.4. The molecule has 0 spiro atoms. The van der Waals surface area contributed by atoms with Crippen molar-refractivity contribution in [3.8, 4) is 11.5 Å². The molecule has 1 aromatic carbocycles. The van der Waals surface area contributed by atoms with E-state index in [1.54, 1.807) is 37.7 Å². The molecule has 1 aromatic heterocycles. The molecule has 0 aliphatic heterocycles. The minimum absolute atomic E-state index is 0.604. The number of thiophene rings is 1. The minimum Gasteiger partial charge on any atom is -0.493 e. The molecule has 0 bridgehead atoms. The average molecular weight is 343 g/mol. The molecule has 0 radical (unpaired) electrons. The second-order valence-corrected chi connectivity index (χ2v) is 5.74. The number of aryl methyl sites for hydroxylation is 1. The van der Waals surface area contributed by atoms with Crippen molar-refractivity contribution in [2.45, 2.75) is 13.0 Å².